The molecule has 2 bridgehead atoms. The molecule has 1 aliphatic heterocycles. The van der Waals surface area contributed by atoms with Crippen LogP contribution in [0.5, 0.6) is 0 Å². The number of rotatable bonds is 10. The van der Waals surface area contributed by atoms with Crippen molar-refractivity contribution < 1.29 is 67.8 Å². The van der Waals surface area contributed by atoms with Crippen molar-refractivity contribution in [3.63, 3.8) is 0 Å². The van der Waals surface area contributed by atoms with Crippen molar-refractivity contribution in [2.45, 2.75) is 108 Å². The lowest BCUT2D eigenvalue weighted by atomic mass is 9.44. The van der Waals surface area contributed by atoms with Gasteiger partial charge in [0.15, 0.2) is 23.6 Å². The van der Waals surface area contributed by atoms with Gasteiger partial charge in [-0.3, -0.25) is 19.2 Å². The monoisotopic (exact) mass is 852 g/mol. The van der Waals surface area contributed by atoms with E-state index in [1.807, 2.05) is 0 Å². The zero-order chi connectivity index (χ0) is 44.9. The van der Waals surface area contributed by atoms with Gasteiger partial charge in [0.25, 0.3) is 5.91 Å². The fourth-order valence-corrected chi connectivity index (χ4v) is 10.2. The standard InChI is InChI=1S/C47H51NO14/c1-25-31(60-43(56)36(52)35(28-16-10-7-11-17-28)48-41(54)29-18-12-8-13-19-29)23-47(57)40(61-42(55)30-20-14-9-15-21-30)38-45(6,32(51)22-33-46(38,24-58-33)62-27(3)50)39(53)37(59-26(2)49)34(25)44(47,4)5/h7-21,31-33,35-38,40,51-52,57H,22-24H2,1-6H3,(H,48,54)/t31-,32-,33+,35-,36+,37+,38?,40-,45+,46-,47+/m0/s1/i2-1. The van der Waals surface area contributed by atoms with Crippen molar-refractivity contribution >= 4 is 35.6 Å². The number of Topliss-reactive ketones (excluding diaryl/α,β-unsaturated/α-hetero) is 1. The van der Waals surface area contributed by atoms with Gasteiger partial charge in [0.2, 0.25) is 0 Å². The number of hydrogen-bond acceptors (Lipinski definition) is 14. The van der Waals surface area contributed by atoms with Crippen molar-refractivity contribution in [1.82, 2.24) is 5.32 Å². The number of carbonyl (C=O) groups is 6. The van der Waals surface area contributed by atoms with Crippen LogP contribution < -0.4 is 5.32 Å². The van der Waals surface area contributed by atoms with Crippen LogP contribution in [0.2, 0.25) is 0 Å². The Morgan fingerprint density at radius 3 is 1.95 bits per heavy atom. The minimum Gasteiger partial charge on any atom is -0.456 e. The Morgan fingerprint density at radius 2 is 1.40 bits per heavy atom. The SMILES string of the molecule is CC(=O)O[C@@]12CO[C@@H]1C[C@H](O)[C@@]1(C)C(=O)[C@H](OC([11CH3])=O)C3=C(C)[C@@H](OC(=O)[C@H](O)[C@@H](NC(=O)c4ccccc4)c4ccccc4)C[C@@](O)([C@@H](OC(=O)c4ccccc4)C12)C3(C)C. The number of fused-ring (bicyclic) bond motifs is 5. The summed E-state index contributed by atoms with van der Waals surface area (Å²) in [5.41, 5.74) is -7.02. The van der Waals surface area contributed by atoms with E-state index in [9.17, 15) is 39.3 Å². The number of ether oxygens (including phenoxy) is 5. The number of nitrogens with one attached hydrogen (secondary N) is 1. The van der Waals surface area contributed by atoms with Crippen LogP contribution in [0.25, 0.3) is 0 Å². The first-order valence-corrected chi connectivity index (χ1v) is 20.5. The Hall–Kier alpha value is -5.74. The number of ketones is 1. The zero-order valence-corrected chi connectivity index (χ0v) is 35.2. The highest BCUT2D eigenvalue weighted by molar-refractivity contribution is 5.96. The van der Waals surface area contributed by atoms with E-state index in [0.717, 1.165) is 13.8 Å². The van der Waals surface area contributed by atoms with Crippen LogP contribution in [-0.2, 0) is 42.9 Å². The fraction of sp³-hybridized carbons (Fsp3) is 0.447. The van der Waals surface area contributed by atoms with Gasteiger partial charge in [0, 0.05) is 37.7 Å². The Morgan fingerprint density at radius 1 is 0.823 bits per heavy atom. The first-order chi connectivity index (χ1) is 29.3. The summed E-state index contributed by atoms with van der Waals surface area (Å²) < 4.78 is 30.3. The number of aliphatic hydroxyl groups excluding tert-OH is 2. The lowest BCUT2D eigenvalue weighted by Crippen LogP contribution is -2.82. The average molecular weight is 853 g/mol. The third-order valence-corrected chi connectivity index (χ3v) is 13.5. The number of carbonyl (C=O) groups excluding carboxylic acids is 6. The molecule has 3 fully saturated rings. The van der Waals surface area contributed by atoms with Crippen molar-refractivity contribution in [2.24, 2.45) is 16.7 Å². The van der Waals surface area contributed by atoms with Gasteiger partial charge < -0.3 is 44.3 Å². The first-order valence-electron chi connectivity index (χ1n) is 20.5. The van der Waals surface area contributed by atoms with Gasteiger partial charge in [0.1, 0.15) is 23.9 Å². The zero-order valence-electron chi connectivity index (χ0n) is 35.2. The van der Waals surface area contributed by atoms with Gasteiger partial charge in [-0.2, -0.15) is 0 Å². The molecule has 1 heterocycles. The van der Waals surface area contributed by atoms with E-state index in [2.05, 4.69) is 5.32 Å². The van der Waals surface area contributed by atoms with Crippen LogP contribution >= 0.6 is 0 Å². The molecule has 1 saturated heterocycles. The molecule has 3 aromatic carbocycles. The highest BCUT2D eigenvalue weighted by Gasteiger charge is 2.78. The number of amides is 1. The van der Waals surface area contributed by atoms with Gasteiger partial charge in [-0.25, -0.2) is 9.59 Å². The van der Waals surface area contributed by atoms with Gasteiger partial charge in [-0.15, -0.1) is 0 Å². The van der Waals surface area contributed by atoms with Gasteiger partial charge in [-0.05, 0) is 54.8 Å². The maximum atomic E-state index is 15.5. The normalized spacial score (nSPS) is 31.9. The molecule has 328 valence electrons. The van der Waals surface area contributed by atoms with E-state index in [4.69, 9.17) is 23.7 Å². The number of hydrogen-bond donors (Lipinski definition) is 4. The predicted octanol–water partition coefficient (Wildman–Crippen LogP) is 3.74. The van der Waals surface area contributed by atoms with E-state index in [1.54, 1.807) is 92.7 Å². The quantitative estimate of drug-likeness (QED) is 0.130. The van der Waals surface area contributed by atoms with Crippen LogP contribution in [0.4, 0.5) is 0 Å². The first kappa shape index (κ1) is 44.3. The fourth-order valence-electron chi connectivity index (χ4n) is 10.2. The lowest BCUT2D eigenvalue weighted by Gasteiger charge is -2.67. The Bertz CT molecular complexity index is 2280. The summed E-state index contributed by atoms with van der Waals surface area (Å²) in [7, 11) is 0. The second kappa shape index (κ2) is 16.5. The summed E-state index contributed by atoms with van der Waals surface area (Å²) in [6, 6.07) is 22.9. The maximum Gasteiger partial charge on any atom is 0.338 e. The molecule has 11 atom stereocenters. The van der Waals surface area contributed by atoms with Crippen molar-refractivity contribution in [2.75, 3.05) is 6.61 Å². The smallest absolute Gasteiger partial charge is 0.338 e. The second-order valence-corrected chi connectivity index (χ2v) is 17.4. The van der Waals surface area contributed by atoms with Gasteiger partial charge in [0.05, 0.1) is 35.6 Å². The molecule has 3 aromatic rings. The molecule has 2 saturated carbocycles. The molecule has 7 rings (SSSR count). The largest absolute Gasteiger partial charge is 0.456 e. The summed E-state index contributed by atoms with van der Waals surface area (Å²) in [5.74, 6) is -6.84. The molecule has 1 amide bonds. The molecule has 15 heteroatoms. The topological polar surface area (TPSA) is 221 Å². The highest BCUT2D eigenvalue weighted by atomic mass is 16.6. The van der Waals surface area contributed by atoms with Crippen molar-refractivity contribution in [3.05, 3.63) is 119 Å². The Labute approximate surface area is 358 Å². The summed E-state index contributed by atoms with van der Waals surface area (Å²) in [4.78, 5) is 83.5. The summed E-state index contributed by atoms with van der Waals surface area (Å²) in [6.45, 7) is 7.97. The van der Waals surface area contributed by atoms with Gasteiger partial charge in [-0.1, -0.05) is 80.6 Å². The minimum absolute atomic E-state index is 0.00289. The van der Waals surface area contributed by atoms with Crippen LogP contribution in [0, 0.1) is 16.7 Å². The van der Waals surface area contributed by atoms with Crippen LogP contribution in [0.3, 0.4) is 0 Å². The van der Waals surface area contributed by atoms with Crippen LogP contribution in [-0.4, -0.2) is 105 Å². The third-order valence-electron chi connectivity index (χ3n) is 13.5. The van der Waals surface area contributed by atoms with E-state index >= 15 is 4.79 Å². The molecular formula is C47H51NO14. The summed E-state index contributed by atoms with van der Waals surface area (Å²) in [5, 5.41) is 40.2. The van der Waals surface area contributed by atoms with Crippen LogP contribution in [0.1, 0.15) is 86.7 Å². The van der Waals surface area contributed by atoms with Crippen molar-refractivity contribution in [1.29, 1.82) is 0 Å². The average Bonchev–Trinajstić information content (AvgIpc) is 3.24. The number of benzene rings is 3. The molecule has 4 aliphatic rings. The number of esters is 4. The molecule has 1 unspecified atom stereocenters. The summed E-state index contributed by atoms with van der Waals surface area (Å²) >= 11 is 0. The Kier molecular flexibility index (Phi) is 11.8. The van der Waals surface area contributed by atoms with E-state index < -0.39 is 113 Å². The van der Waals surface area contributed by atoms with Crippen molar-refractivity contribution in [3.8, 4) is 0 Å². The highest BCUT2D eigenvalue weighted by Crippen LogP contribution is 2.64. The van der Waals surface area contributed by atoms with Crippen LogP contribution in [0.15, 0.2) is 102 Å². The van der Waals surface area contributed by atoms with Gasteiger partial charge >= 0.3 is 23.9 Å². The van der Waals surface area contributed by atoms with E-state index in [1.165, 1.54) is 26.0 Å². The van der Waals surface area contributed by atoms with E-state index in [0.29, 0.717) is 5.56 Å². The maximum absolute atomic E-state index is 15.5. The molecule has 4 N–H and O–H groups in total. The molecule has 0 spiro atoms. The Balaban J connectivity index is 1.39. The number of aliphatic hydroxyl groups is 3. The molecule has 0 radical (unpaired) electrons. The molecule has 62 heavy (non-hydrogen) atoms. The minimum atomic E-state index is -2.39. The van der Waals surface area contributed by atoms with E-state index in [-0.39, 0.29) is 35.3 Å². The molecule has 15 nitrogen and oxygen atoms in total. The molecule has 3 aliphatic carbocycles. The third kappa shape index (κ3) is 7.29. The summed E-state index contributed by atoms with van der Waals surface area (Å²) in [6.07, 6.45) is -10.5. The second-order valence-electron chi connectivity index (χ2n) is 17.4. The molecular weight excluding hydrogens is 802 g/mol. The predicted molar refractivity (Wildman–Crippen MR) is 218 cm³/mol. The molecule has 0 aromatic heterocycles. The lowest BCUT2D eigenvalue weighted by molar-refractivity contribution is -0.346.